The van der Waals surface area contributed by atoms with Gasteiger partial charge in [0.05, 0.1) is 19.8 Å². The van der Waals surface area contributed by atoms with Crippen molar-refractivity contribution in [3.8, 4) is 17.6 Å². The first kappa shape index (κ1) is 18.8. The van der Waals surface area contributed by atoms with E-state index in [9.17, 15) is 0 Å². The van der Waals surface area contributed by atoms with Crippen LogP contribution in [-0.4, -0.2) is 25.2 Å². The van der Waals surface area contributed by atoms with Gasteiger partial charge in [-0.2, -0.15) is 5.26 Å². The molecule has 0 aliphatic rings. The standard InChI is InChI=1S/C22H25N3O2/c1-26-21-9-8-17(14-22(21)27-13-5-4-11-23)15-24-12-10-18-16-25-20-7-3-2-6-19(18)20/h2-3,6-9,14,16,24-25H,4-5,10,12-13,15H2,1H3. The van der Waals surface area contributed by atoms with Gasteiger partial charge < -0.3 is 19.8 Å². The summed E-state index contributed by atoms with van der Waals surface area (Å²) in [6.07, 6.45) is 4.27. The van der Waals surface area contributed by atoms with Crippen LogP contribution in [0.2, 0.25) is 0 Å². The molecule has 0 radical (unpaired) electrons. The van der Waals surface area contributed by atoms with Crippen molar-refractivity contribution in [2.24, 2.45) is 0 Å². The monoisotopic (exact) mass is 363 g/mol. The predicted octanol–water partition coefficient (Wildman–Crippen LogP) is 4.19. The van der Waals surface area contributed by atoms with Crippen molar-refractivity contribution in [3.05, 3.63) is 59.8 Å². The largest absolute Gasteiger partial charge is 0.493 e. The summed E-state index contributed by atoms with van der Waals surface area (Å²) in [5.41, 5.74) is 3.65. The lowest BCUT2D eigenvalue weighted by molar-refractivity contribution is 0.290. The molecule has 1 heterocycles. The van der Waals surface area contributed by atoms with Crippen LogP contribution < -0.4 is 14.8 Å². The topological polar surface area (TPSA) is 70.1 Å². The van der Waals surface area contributed by atoms with Crippen LogP contribution >= 0.6 is 0 Å². The third-order valence-corrected chi connectivity index (χ3v) is 4.49. The molecule has 2 N–H and O–H groups in total. The summed E-state index contributed by atoms with van der Waals surface area (Å²) < 4.78 is 11.1. The number of hydrogen-bond acceptors (Lipinski definition) is 4. The number of nitrogens with one attached hydrogen (secondary N) is 2. The number of nitrogens with zero attached hydrogens (tertiary/aromatic N) is 1. The normalized spacial score (nSPS) is 10.7. The van der Waals surface area contributed by atoms with Gasteiger partial charge in [-0.15, -0.1) is 0 Å². The van der Waals surface area contributed by atoms with Crippen LogP contribution in [0.15, 0.2) is 48.7 Å². The minimum atomic E-state index is 0.497. The molecular weight excluding hydrogens is 338 g/mol. The summed E-state index contributed by atoms with van der Waals surface area (Å²) in [6.45, 7) is 2.18. The average molecular weight is 363 g/mol. The number of aromatic amines is 1. The zero-order valence-corrected chi connectivity index (χ0v) is 15.6. The maximum Gasteiger partial charge on any atom is 0.161 e. The Kier molecular flexibility index (Phi) is 6.72. The fourth-order valence-electron chi connectivity index (χ4n) is 3.07. The van der Waals surface area contributed by atoms with Crippen LogP contribution in [0, 0.1) is 11.3 Å². The fourth-order valence-corrected chi connectivity index (χ4v) is 3.07. The SMILES string of the molecule is COc1ccc(CNCCc2c[nH]c3ccccc23)cc1OCCCC#N. The van der Waals surface area contributed by atoms with Crippen LogP contribution in [0.5, 0.6) is 11.5 Å². The van der Waals surface area contributed by atoms with Gasteiger partial charge in [0.1, 0.15) is 0 Å². The van der Waals surface area contributed by atoms with E-state index in [4.69, 9.17) is 14.7 Å². The van der Waals surface area contributed by atoms with Crippen molar-refractivity contribution < 1.29 is 9.47 Å². The summed E-state index contributed by atoms with van der Waals surface area (Å²) in [5, 5.41) is 13.4. The predicted molar refractivity (Wildman–Crippen MR) is 107 cm³/mol. The Morgan fingerprint density at radius 2 is 2.04 bits per heavy atom. The van der Waals surface area contributed by atoms with E-state index < -0.39 is 0 Å². The number of unbranched alkanes of at least 4 members (excludes halogenated alkanes) is 1. The molecule has 0 amide bonds. The van der Waals surface area contributed by atoms with Gasteiger partial charge in [-0.05, 0) is 48.7 Å². The molecule has 0 unspecified atom stereocenters. The van der Waals surface area contributed by atoms with Crippen LogP contribution in [0.1, 0.15) is 24.0 Å². The van der Waals surface area contributed by atoms with Gasteiger partial charge >= 0.3 is 0 Å². The summed E-state index contributed by atoms with van der Waals surface area (Å²) in [4.78, 5) is 3.32. The molecule has 0 aliphatic carbocycles. The molecule has 0 atom stereocenters. The molecule has 0 bridgehead atoms. The first-order valence-corrected chi connectivity index (χ1v) is 9.24. The number of benzene rings is 2. The van der Waals surface area contributed by atoms with Crippen LogP contribution in [0.4, 0.5) is 0 Å². The van der Waals surface area contributed by atoms with Crippen molar-refractivity contribution in [2.45, 2.75) is 25.8 Å². The lowest BCUT2D eigenvalue weighted by Gasteiger charge is -2.12. The van der Waals surface area contributed by atoms with Gasteiger partial charge in [0, 0.05) is 30.1 Å². The van der Waals surface area contributed by atoms with Gasteiger partial charge in [-0.1, -0.05) is 24.3 Å². The summed E-state index contributed by atoms with van der Waals surface area (Å²) >= 11 is 0. The molecule has 5 heteroatoms. The molecule has 2 aromatic carbocycles. The molecule has 140 valence electrons. The van der Waals surface area contributed by atoms with E-state index in [0.717, 1.165) is 36.6 Å². The molecule has 0 saturated heterocycles. The second kappa shape index (κ2) is 9.65. The van der Waals surface area contributed by atoms with E-state index in [1.54, 1.807) is 7.11 Å². The van der Waals surface area contributed by atoms with E-state index in [-0.39, 0.29) is 0 Å². The van der Waals surface area contributed by atoms with Crippen molar-refractivity contribution in [1.29, 1.82) is 5.26 Å². The zero-order valence-electron chi connectivity index (χ0n) is 15.6. The number of nitriles is 1. The van der Waals surface area contributed by atoms with E-state index >= 15 is 0 Å². The molecule has 1 aromatic heterocycles. The minimum Gasteiger partial charge on any atom is -0.493 e. The highest BCUT2D eigenvalue weighted by molar-refractivity contribution is 5.83. The Balaban J connectivity index is 1.52. The molecular formula is C22H25N3O2. The number of fused-ring (bicyclic) bond motifs is 1. The fraction of sp³-hybridized carbons (Fsp3) is 0.318. The summed E-state index contributed by atoms with van der Waals surface area (Å²) in [6, 6.07) is 16.5. The maximum atomic E-state index is 8.62. The molecule has 5 nitrogen and oxygen atoms in total. The van der Waals surface area contributed by atoms with Gasteiger partial charge in [0.2, 0.25) is 0 Å². The van der Waals surface area contributed by atoms with Crippen molar-refractivity contribution in [2.75, 3.05) is 20.3 Å². The van der Waals surface area contributed by atoms with Crippen molar-refractivity contribution in [3.63, 3.8) is 0 Å². The van der Waals surface area contributed by atoms with Crippen molar-refractivity contribution in [1.82, 2.24) is 10.3 Å². The first-order chi connectivity index (χ1) is 13.3. The Morgan fingerprint density at radius 3 is 2.89 bits per heavy atom. The Morgan fingerprint density at radius 1 is 1.15 bits per heavy atom. The van der Waals surface area contributed by atoms with Crippen LogP contribution in [0.3, 0.4) is 0 Å². The van der Waals surface area contributed by atoms with Gasteiger partial charge in [0.15, 0.2) is 11.5 Å². The Labute approximate surface area is 159 Å². The molecule has 0 aliphatic heterocycles. The van der Waals surface area contributed by atoms with Crippen molar-refractivity contribution >= 4 is 10.9 Å². The number of H-pyrrole nitrogens is 1. The number of methoxy groups -OCH3 is 1. The van der Waals surface area contributed by atoms with E-state index in [0.29, 0.717) is 19.4 Å². The summed E-state index contributed by atoms with van der Waals surface area (Å²) in [5.74, 6) is 1.45. The highest BCUT2D eigenvalue weighted by atomic mass is 16.5. The van der Waals surface area contributed by atoms with E-state index in [1.165, 1.54) is 16.5 Å². The smallest absolute Gasteiger partial charge is 0.161 e. The number of rotatable bonds is 10. The molecule has 3 aromatic rings. The minimum absolute atomic E-state index is 0.497. The molecule has 0 saturated carbocycles. The molecule has 0 fully saturated rings. The van der Waals surface area contributed by atoms with Gasteiger partial charge in [0.25, 0.3) is 0 Å². The second-order valence-corrected chi connectivity index (χ2v) is 6.38. The Hall–Kier alpha value is -2.97. The third kappa shape index (κ3) is 5.02. The maximum absolute atomic E-state index is 8.62. The van der Waals surface area contributed by atoms with Crippen LogP contribution in [0.25, 0.3) is 10.9 Å². The average Bonchev–Trinajstić information content (AvgIpc) is 3.12. The molecule has 0 spiro atoms. The summed E-state index contributed by atoms with van der Waals surface area (Å²) in [7, 11) is 1.64. The van der Waals surface area contributed by atoms with Crippen LogP contribution in [-0.2, 0) is 13.0 Å². The number of aromatic nitrogens is 1. The number of ether oxygens (including phenoxy) is 2. The first-order valence-electron chi connectivity index (χ1n) is 9.24. The van der Waals surface area contributed by atoms with Gasteiger partial charge in [-0.3, -0.25) is 0 Å². The van der Waals surface area contributed by atoms with E-state index in [2.05, 4.69) is 40.8 Å². The Bertz CT molecular complexity index is 911. The highest BCUT2D eigenvalue weighted by Crippen LogP contribution is 2.28. The number of hydrogen-bond donors (Lipinski definition) is 2. The highest BCUT2D eigenvalue weighted by Gasteiger charge is 2.07. The molecule has 3 rings (SSSR count). The lowest BCUT2D eigenvalue weighted by atomic mass is 10.1. The molecule has 27 heavy (non-hydrogen) atoms. The second-order valence-electron chi connectivity index (χ2n) is 6.38. The van der Waals surface area contributed by atoms with E-state index in [1.807, 2.05) is 24.3 Å². The van der Waals surface area contributed by atoms with Gasteiger partial charge in [-0.25, -0.2) is 0 Å². The third-order valence-electron chi connectivity index (χ3n) is 4.49. The zero-order chi connectivity index (χ0) is 18.9. The quantitative estimate of drug-likeness (QED) is 0.530. The number of para-hydroxylation sites is 1. The lowest BCUT2D eigenvalue weighted by Crippen LogP contribution is -2.16.